The van der Waals surface area contributed by atoms with E-state index in [-0.39, 0.29) is 24.8 Å². The number of hydrogen-bond acceptors (Lipinski definition) is 4. The van der Waals surface area contributed by atoms with E-state index in [2.05, 4.69) is 24.3 Å². The van der Waals surface area contributed by atoms with Gasteiger partial charge in [0.2, 0.25) is 0 Å². The van der Waals surface area contributed by atoms with Crippen LogP contribution < -0.4 is 11.1 Å². The van der Waals surface area contributed by atoms with E-state index in [4.69, 9.17) is 10.2 Å². The molecule has 0 saturated carbocycles. The maximum Gasteiger partial charge on any atom is 0.171 e. The van der Waals surface area contributed by atoms with Gasteiger partial charge < -0.3 is 15.5 Å². The van der Waals surface area contributed by atoms with E-state index in [1.807, 2.05) is 23.0 Å². The average Bonchev–Trinajstić information content (AvgIpc) is 2.84. The van der Waals surface area contributed by atoms with Crippen LogP contribution in [0.25, 0.3) is 0 Å². The van der Waals surface area contributed by atoms with Crippen molar-refractivity contribution in [1.29, 1.82) is 0 Å². The third-order valence-electron chi connectivity index (χ3n) is 2.30. The number of hydrogen-bond donors (Lipinski definition) is 2. The lowest BCUT2D eigenvalue weighted by Gasteiger charge is -2.04. The van der Waals surface area contributed by atoms with Crippen LogP contribution in [0.5, 0.6) is 0 Å². The normalized spacial score (nSPS) is 9.72. The van der Waals surface area contributed by atoms with Crippen molar-refractivity contribution in [2.75, 3.05) is 11.1 Å². The summed E-state index contributed by atoms with van der Waals surface area (Å²) < 4.78 is 7.04. The standard InChI is InChI=1S/C11H16N4O.2ClH/c1-8(2)15-7-10(12)11(14-15)13-6-9-4-3-5-16-9;;/h3-5,7-8H,6,12H2,1-2H3,(H,13,14);2*1H. The number of nitrogens with two attached hydrogens (primary N) is 1. The second kappa shape index (κ2) is 7.18. The highest BCUT2D eigenvalue weighted by Gasteiger charge is 2.07. The third-order valence-corrected chi connectivity index (χ3v) is 2.30. The molecule has 0 aromatic carbocycles. The highest BCUT2D eigenvalue weighted by Crippen LogP contribution is 2.18. The van der Waals surface area contributed by atoms with Gasteiger partial charge >= 0.3 is 0 Å². The molecule has 102 valence electrons. The minimum atomic E-state index is 0. The summed E-state index contributed by atoms with van der Waals surface area (Å²) in [4.78, 5) is 0. The van der Waals surface area contributed by atoms with Gasteiger partial charge in [-0.3, -0.25) is 4.68 Å². The van der Waals surface area contributed by atoms with E-state index in [1.54, 1.807) is 6.26 Å². The van der Waals surface area contributed by atoms with Crippen molar-refractivity contribution in [3.63, 3.8) is 0 Å². The van der Waals surface area contributed by atoms with Gasteiger partial charge in [-0.1, -0.05) is 0 Å². The lowest BCUT2D eigenvalue weighted by atomic mass is 10.4. The minimum absolute atomic E-state index is 0. The molecule has 2 heterocycles. The van der Waals surface area contributed by atoms with Crippen LogP contribution in [0.3, 0.4) is 0 Å². The summed E-state index contributed by atoms with van der Waals surface area (Å²) in [5.41, 5.74) is 6.50. The maximum absolute atomic E-state index is 5.84. The van der Waals surface area contributed by atoms with Crippen LogP contribution in [0, 0.1) is 0 Å². The fourth-order valence-corrected chi connectivity index (χ4v) is 1.39. The quantitative estimate of drug-likeness (QED) is 0.909. The summed E-state index contributed by atoms with van der Waals surface area (Å²) in [5, 5.41) is 7.49. The summed E-state index contributed by atoms with van der Waals surface area (Å²) in [7, 11) is 0. The van der Waals surface area contributed by atoms with Crippen LogP contribution in [0.2, 0.25) is 0 Å². The first kappa shape index (κ1) is 16.7. The van der Waals surface area contributed by atoms with E-state index < -0.39 is 0 Å². The number of anilines is 2. The Balaban J connectivity index is 0.00000144. The molecule has 0 amide bonds. The van der Waals surface area contributed by atoms with E-state index >= 15 is 0 Å². The molecule has 0 bridgehead atoms. The largest absolute Gasteiger partial charge is 0.467 e. The Bertz CT molecular complexity index is 454. The summed E-state index contributed by atoms with van der Waals surface area (Å²) in [5.74, 6) is 1.56. The number of furan rings is 1. The Kier molecular flexibility index (Phi) is 6.65. The van der Waals surface area contributed by atoms with Crippen LogP contribution in [0.1, 0.15) is 25.6 Å². The summed E-state index contributed by atoms with van der Waals surface area (Å²) in [6.07, 6.45) is 3.47. The number of rotatable bonds is 4. The van der Waals surface area contributed by atoms with Gasteiger partial charge in [0.05, 0.1) is 24.7 Å². The maximum atomic E-state index is 5.84. The monoisotopic (exact) mass is 292 g/mol. The van der Waals surface area contributed by atoms with Crippen LogP contribution in [0.4, 0.5) is 11.5 Å². The predicted octanol–water partition coefficient (Wildman–Crippen LogP) is 3.09. The van der Waals surface area contributed by atoms with Crippen molar-refractivity contribution in [3.05, 3.63) is 30.4 Å². The van der Waals surface area contributed by atoms with Gasteiger partial charge in [-0.05, 0) is 26.0 Å². The smallest absolute Gasteiger partial charge is 0.171 e. The molecule has 0 spiro atoms. The lowest BCUT2D eigenvalue weighted by molar-refractivity contribution is 0.515. The number of nitrogens with zero attached hydrogens (tertiary/aromatic N) is 2. The molecule has 0 aliphatic rings. The molecule has 0 radical (unpaired) electrons. The fourth-order valence-electron chi connectivity index (χ4n) is 1.39. The molecule has 18 heavy (non-hydrogen) atoms. The molecule has 2 aromatic rings. The highest BCUT2D eigenvalue weighted by molar-refractivity contribution is 5.85. The topological polar surface area (TPSA) is 69.0 Å². The van der Waals surface area contributed by atoms with Crippen molar-refractivity contribution in [1.82, 2.24) is 9.78 Å². The zero-order valence-electron chi connectivity index (χ0n) is 10.3. The van der Waals surface area contributed by atoms with Gasteiger partial charge in [-0.15, -0.1) is 24.8 Å². The van der Waals surface area contributed by atoms with Gasteiger partial charge in [-0.25, -0.2) is 0 Å². The van der Waals surface area contributed by atoms with Crippen LogP contribution >= 0.6 is 24.8 Å². The molecule has 0 unspecified atom stereocenters. The molecular formula is C11H18Cl2N4O. The first-order chi connectivity index (χ1) is 7.66. The van der Waals surface area contributed by atoms with Crippen molar-refractivity contribution in [2.24, 2.45) is 0 Å². The van der Waals surface area contributed by atoms with Crippen molar-refractivity contribution >= 4 is 36.3 Å². The average molecular weight is 293 g/mol. The third kappa shape index (κ3) is 3.85. The van der Waals surface area contributed by atoms with Crippen LogP contribution in [-0.2, 0) is 6.54 Å². The second-order valence-corrected chi connectivity index (χ2v) is 3.94. The van der Waals surface area contributed by atoms with Crippen molar-refractivity contribution < 1.29 is 4.42 Å². The molecule has 5 nitrogen and oxygen atoms in total. The Morgan fingerprint density at radius 3 is 2.67 bits per heavy atom. The van der Waals surface area contributed by atoms with Gasteiger partial charge in [0.25, 0.3) is 0 Å². The Morgan fingerprint density at radius 1 is 1.44 bits per heavy atom. The SMILES string of the molecule is CC(C)n1cc(N)c(NCc2ccco2)n1.Cl.Cl. The molecule has 2 rings (SSSR count). The van der Waals surface area contributed by atoms with Crippen LogP contribution in [-0.4, -0.2) is 9.78 Å². The summed E-state index contributed by atoms with van der Waals surface area (Å²) >= 11 is 0. The Hall–Kier alpha value is -1.33. The van der Waals surface area contributed by atoms with E-state index in [0.29, 0.717) is 24.1 Å². The molecule has 3 N–H and O–H groups in total. The second-order valence-electron chi connectivity index (χ2n) is 3.94. The first-order valence-electron chi connectivity index (χ1n) is 5.27. The van der Waals surface area contributed by atoms with Gasteiger partial charge in [-0.2, -0.15) is 5.10 Å². The first-order valence-corrected chi connectivity index (χ1v) is 5.27. The molecule has 2 aromatic heterocycles. The van der Waals surface area contributed by atoms with E-state index in [0.717, 1.165) is 5.76 Å². The summed E-state index contributed by atoms with van der Waals surface area (Å²) in [6.45, 7) is 4.71. The number of aromatic nitrogens is 2. The number of nitrogen functional groups attached to an aromatic ring is 1. The molecule has 7 heteroatoms. The summed E-state index contributed by atoms with van der Waals surface area (Å²) in [6, 6.07) is 4.07. The fraction of sp³-hybridized carbons (Fsp3) is 0.364. The van der Waals surface area contributed by atoms with Gasteiger partial charge in [0, 0.05) is 6.04 Å². The Labute approximate surface area is 119 Å². The molecule has 0 saturated heterocycles. The van der Waals surface area contributed by atoms with Crippen LogP contribution in [0.15, 0.2) is 29.0 Å². The van der Waals surface area contributed by atoms with Crippen molar-refractivity contribution in [2.45, 2.75) is 26.4 Å². The predicted molar refractivity (Wildman–Crippen MR) is 77.6 cm³/mol. The number of nitrogens with one attached hydrogen (secondary N) is 1. The van der Waals surface area contributed by atoms with Gasteiger partial charge in [0.15, 0.2) is 5.82 Å². The van der Waals surface area contributed by atoms with E-state index in [9.17, 15) is 0 Å². The molecule has 0 fully saturated rings. The Morgan fingerprint density at radius 2 is 2.17 bits per heavy atom. The minimum Gasteiger partial charge on any atom is -0.467 e. The molecular weight excluding hydrogens is 275 g/mol. The zero-order valence-corrected chi connectivity index (χ0v) is 11.9. The van der Waals surface area contributed by atoms with Crippen molar-refractivity contribution in [3.8, 4) is 0 Å². The zero-order chi connectivity index (χ0) is 11.5. The number of halogens is 2. The lowest BCUT2D eigenvalue weighted by Crippen LogP contribution is -2.04. The molecule has 0 aliphatic carbocycles. The van der Waals surface area contributed by atoms with E-state index in [1.165, 1.54) is 0 Å². The molecule has 0 aliphatic heterocycles. The highest BCUT2D eigenvalue weighted by atomic mass is 35.5. The molecule has 0 atom stereocenters. The van der Waals surface area contributed by atoms with Gasteiger partial charge in [0.1, 0.15) is 5.76 Å².